The Labute approximate surface area is 126 Å². The average Bonchev–Trinajstić information content (AvgIpc) is 2.37. The minimum atomic E-state index is 0.312. The summed E-state index contributed by atoms with van der Waals surface area (Å²) < 4.78 is 5.66. The lowest BCUT2D eigenvalue weighted by Gasteiger charge is -2.08. The van der Waals surface area contributed by atoms with Crippen molar-refractivity contribution in [3.63, 3.8) is 0 Å². The molecular formula is C15H22ClNOS. The van der Waals surface area contributed by atoms with Gasteiger partial charge in [0.2, 0.25) is 0 Å². The number of ether oxygens (including phenoxy) is 1. The van der Waals surface area contributed by atoms with Crippen LogP contribution in [0.1, 0.15) is 51.0 Å². The lowest BCUT2D eigenvalue weighted by molar-refractivity contribution is 0.304. The number of rotatable bonds is 9. The Morgan fingerprint density at radius 1 is 1.21 bits per heavy atom. The summed E-state index contributed by atoms with van der Waals surface area (Å²) in [5.41, 5.74) is 6.25. The lowest BCUT2D eigenvalue weighted by atomic mass is 10.1. The molecule has 0 amide bonds. The summed E-state index contributed by atoms with van der Waals surface area (Å²) in [6.45, 7) is 2.96. The molecule has 0 radical (unpaired) electrons. The summed E-state index contributed by atoms with van der Waals surface area (Å²) in [5.74, 6) is 0.776. The number of nitrogens with two attached hydrogens (primary N) is 1. The average molecular weight is 300 g/mol. The van der Waals surface area contributed by atoms with Crippen LogP contribution >= 0.6 is 23.8 Å². The smallest absolute Gasteiger partial charge is 0.120 e. The molecule has 2 N–H and O–H groups in total. The quantitative estimate of drug-likeness (QED) is 0.529. The van der Waals surface area contributed by atoms with E-state index < -0.39 is 0 Å². The molecule has 0 aliphatic carbocycles. The Morgan fingerprint density at radius 2 is 1.89 bits per heavy atom. The standard InChI is InChI=1S/C15H22ClNOS/c1-2-3-4-5-6-7-10-18-12-8-9-13(15(17)19)14(16)11-12/h8-9,11H,2-7,10H2,1H3,(H2,17,19). The molecule has 1 rings (SSSR count). The second-order valence-electron chi connectivity index (χ2n) is 4.62. The molecule has 1 aromatic carbocycles. The van der Waals surface area contributed by atoms with Crippen LogP contribution in [-0.4, -0.2) is 11.6 Å². The first-order chi connectivity index (χ1) is 9.15. The van der Waals surface area contributed by atoms with Gasteiger partial charge in [-0.25, -0.2) is 0 Å². The van der Waals surface area contributed by atoms with Crippen LogP contribution in [0.15, 0.2) is 18.2 Å². The number of unbranched alkanes of at least 4 members (excludes halogenated alkanes) is 5. The van der Waals surface area contributed by atoms with Gasteiger partial charge in [-0.2, -0.15) is 0 Å². The predicted octanol–water partition coefficient (Wildman–Crippen LogP) is 4.71. The highest BCUT2D eigenvalue weighted by atomic mass is 35.5. The fraction of sp³-hybridized carbons (Fsp3) is 0.533. The third-order valence-electron chi connectivity index (χ3n) is 2.97. The van der Waals surface area contributed by atoms with Crippen LogP contribution in [0.5, 0.6) is 5.75 Å². The summed E-state index contributed by atoms with van der Waals surface area (Å²) in [5, 5.41) is 0.549. The maximum Gasteiger partial charge on any atom is 0.120 e. The lowest BCUT2D eigenvalue weighted by Crippen LogP contribution is -2.10. The molecule has 0 saturated heterocycles. The van der Waals surface area contributed by atoms with Gasteiger partial charge in [0.25, 0.3) is 0 Å². The van der Waals surface area contributed by atoms with Crippen molar-refractivity contribution in [2.24, 2.45) is 5.73 Å². The van der Waals surface area contributed by atoms with Gasteiger partial charge in [-0.1, -0.05) is 62.8 Å². The highest BCUT2D eigenvalue weighted by Crippen LogP contribution is 2.22. The third kappa shape index (κ3) is 6.26. The molecule has 1 aromatic rings. The molecule has 0 saturated carbocycles. The molecule has 0 atom stereocenters. The Hall–Kier alpha value is -0.800. The van der Waals surface area contributed by atoms with E-state index in [-0.39, 0.29) is 0 Å². The van der Waals surface area contributed by atoms with Gasteiger partial charge in [-0.05, 0) is 24.6 Å². The van der Waals surface area contributed by atoms with Gasteiger partial charge in [0.05, 0.1) is 11.6 Å². The maximum atomic E-state index is 6.07. The highest BCUT2D eigenvalue weighted by molar-refractivity contribution is 7.80. The van der Waals surface area contributed by atoms with Crippen molar-refractivity contribution >= 4 is 28.8 Å². The predicted molar refractivity (Wildman–Crippen MR) is 86.2 cm³/mol. The van der Waals surface area contributed by atoms with E-state index in [9.17, 15) is 0 Å². The van der Waals surface area contributed by atoms with Crippen LogP contribution < -0.4 is 10.5 Å². The molecule has 106 valence electrons. The van der Waals surface area contributed by atoms with Gasteiger partial charge < -0.3 is 10.5 Å². The van der Waals surface area contributed by atoms with Crippen LogP contribution in [-0.2, 0) is 0 Å². The molecule has 4 heteroatoms. The zero-order chi connectivity index (χ0) is 14.1. The molecule has 2 nitrogen and oxygen atoms in total. The van der Waals surface area contributed by atoms with Crippen molar-refractivity contribution in [3.05, 3.63) is 28.8 Å². The minimum absolute atomic E-state index is 0.312. The van der Waals surface area contributed by atoms with Gasteiger partial charge in [0.1, 0.15) is 10.7 Å². The summed E-state index contributed by atoms with van der Waals surface area (Å²) in [6.07, 6.45) is 7.53. The second-order valence-corrected chi connectivity index (χ2v) is 5.47. The van der Waals surface area contributed by atoms with E-state index in [2.05, 4.69) is 6.92 Å². The van der Waals surface area contributed by atoms with Crippen molar-refractivity contribution in [1.82, 2.24) is 0 Å². The normalized spacial score (nSPS) is 10.4. The molecule has 0 fully saturated rings. The first-order valence-electron chi connectivity index (χ1n) is 6.87. The van der Waals surface area contributed by atoms with Gasteiger partial charge in [0.15, 0.2) is 0 Å². The minimum Gasteiger partial charge on any atom is -0.494 e. The number of hydrogen-bond acceptors (Lipinski definition) is 2. The first kappa shape index (κ1) is 16.3. The molecule has 0 heterocycles. The van der Waals surface area contributed by atoms with Crippen molar-refractivity contribution in [2.45, 2.75) is 45.4 Å². The first-order valence-corrected chi connectivity index (χ1v) is 7.66. The summed E-state index contributed by atoms with van der Waals surface area (Å²) >= 11 is 11.0. The van der Waals surface area contributed by atoms with Crippen molar-refractivity contribution in [2.75, 3.05) is 6.61 Å². The number of halogens is 1. The molecular weight excluding hydrogens is 278 g/mol. The van der Waals surface area contributed by atoms with E-state index in [0.29, 0.717) is 15.6 Å². The highest BCUT2D eigenvalue weighted by Gasteiger charge is 2.04. The zero-order valence-electron chi connectivity index (χ0n) is 11.5. The summed E-state index contributed by atoms with van der Waals surface area (Å²) in [6, 6.07) is 5.44. The van der Waals surface area contributed by atoms with Crippen molar-refractivity contribution < 1.29 is 4.74 Å². The second kappa shape index (κ2) is 9.16. The van der Waals surface area contributed by atoms with Crippen LogP contribution in [0.2, 0.25) is 5.02 Å². The summed E-state index contributed by atoms with van der Waals surface area (Å²) in [4.78, 5) is 0.312. The van der Waals surface area contributed by atoms with E-state index in [0.717, 1.165) is 18.8 Å². The zero-order valence-corrected chi connectivity index (χ0v) is 13.0. The number of thiocarbonyl (C=S) groups is 1. The van der Waals surface area contributed by atoms with Gasteiger partial charge in [-0.3, -0.25) is 0 Å². The third-order valence-corrected chi connectivity index (χ3v) is 3.51. The summed E-state index contributed by atoms with van der Waals surface area (Å²) in [7, 11) is 0. The van der Waals surface area contributed by atoms with Crippen LogP contribution in [0, 0.1) is 0 Å². The monoisotopic (exact) mass is 299 g/mol. The molecule has 0 aromatic heterocycles. The van der Waals surface area contributed by atoms with E-state index >= 15 is 0 Å². The van der Waals surface area contributed by atoms with Crippen LogP contribution in [0.3, 0.4) is 0 Å². The largest absolute Gasteiger partial charge is 0.494 e. The van der Waals surface area contributed by atoms with E-state index in [4.69, 9.17) is 34.3 Å². The molecule has 0 aliphatic rings. The fourth-order valence-electron chi connectivity index (χ4n) is 1.86. The van der Waals surface area contributed by atoms with Crippen molar-refractivity contribution in [1.29, 1.82) is 0 Å². The SMILES string of the molecule is CCCCCCCCOc1ccc(C(N)=S)c(Cl)c1. The molecule has 19 heavy (non-hydrogen) atoms. The Balaban J connectivity index is 2.26. The molecule has 0 bridgehead atoms. The van der Waals surface area contributed by atoms with Gasteiger partial charge in [-0.15, -0.1) is 0 Å². The van der Waals surface area contributed by atoms with Crippen molar-refractivity contribution in [3.8, 4) is 5.75 Å². The molecule has 0 spiro atoms. The molecule has 0 unspecified atom stereocenters. The Kier molecular flexibility index (Phi) is 7.84. The van der Waals surface area contributed by atoms with E-state index in [1.165, 1.54) is 32.1 Å². The van der Waals surface area contributed by atoms with Crippen LogP contribution in [0.25, 0.3) is 0 Å². The maximum absolute atomic E-state index is 6.07. The van der Waals surface area contributed by atoms with Crippen LogP contribution in [0.4, 0.5) is 0 Å². The number of hydrogen-bond donors (Lipinski definition) is 1. The Bertz CT molecular complexity index is 409. The Morgan fingerprint density at radius 3 is 2.53 bits per heavy atom. The van der Waals surface area contributed by atoms with E-state index in [1.54, 1.807) is 12.1 Å². The topological polar surface area (TPSA) is 35.2 Å². The fourth-order valence-corrected chi connectivity index (χ4v) is 2.36. The number of benzene rings is 1. The van der Waals surface area contributed by atoms with E-state index in [1.807, 2.05) is 6.07 Å². The van der Waals surface area contributed by atoms with Gasteiger partial charge >= 0.3 is 0 Å². The molecule has 0 aliphatic heterocycles. The van der Waals surface area contributed by atoms with Gasteiger partial charge in [0, 0.05) is 5.56 Å².